The molecular weight excluding hydrogens is 196 g/mol. The van der Waals surface area contributed by atoms with Crippen LogP contribution in [0, 0.1) is 0 Å². The number of aliphatic hydroxyl groups is 1. The maximum Gasteiger partial charge on any atom is 0.303 e. The molecule has 0 aliphatic rings. The topological polar surface area (TPSA) is 86.8 Å². The molecule has 0 rings (SSSR count). The smallest absolute Gasteiger partial charge is 0.303 e. The second kappa shape index (κ2) is 11.4. The first kappa shape index (κ1) is 16.8. The summed E-state index contributed by atoms with van der Waals surface area (Å²) in [4.78, 5) is 11.9. The minimum absolute atomic E-state index is 0.0532. The number of aliphatic hydroxyl groups excluding tert-OH is 1. The van der Waals surface area contributed by atoms with Crippen molar-refractivity contribution in [3.05, 3.63) is 0 Å². The van der Waals surface area contributed by atoms with Gasteiger partial charge in [0.2, 0.25) is 0 Å². The molecule has 0 aromatic carbocycles. The lowest BCUT2D eigenvalue weighted by atomic mass is 10.2. The summed E-state index contributed by atoms with van der Waals surface area (Å²) >= 11 is 0. The van der Waals surface area contributed by atoms with Crippen LogP contribution in [0.4, 0.5) is 0 Å². The van der Waals surface area contributed by atoms with Gasteiger partial charge in [-0.2, -0.15) is 0 Å². The van der Waals surface area contributed by atoms with Gasteiger partial charge in [0.15, 0.2) is 0 Å². The van der Waals surface area contributed by atoms with E-state index in [1.54, 1.807) is 6.92 Å². The Morgan fingerprint density at radius 3 is 2.13 bits per heavy atom. The van der Waals surface area contributed by atoms with Crippen molar-refractivity contribution in [2.45, 2.75) is 32.3 Å². The van der Waals surface area contributed by atoms with Gasteiger partial charge in [0.25, 0.3) is 0 Å². The molecule has 0 spiro atoms. The zero-order valence-electron chi connectivity index (χ0n) is 9.94. The molecule has 0 aromatic rings. The summed E-state index contributed by atoms with van der Waals surface area (Å²) in [6.45, 7) is 3.48. The van der Waals surface area contributed by atoms with Crippen LogP contribution < -0.4 is 5.73 Å². The number of carboxylic acids is 1. The van der Waals surface area contributed by atoms with Gasteiger partial charge in [0, 0.05) is 6.42 Å². The van der Waals surface area contributed by atoms with Crippen LogP contribution in [0.15, 0.2) is 0 Å². The first-order valence-electron chi connectivity index (χ1n) is 5.14. The third-order valence-corrected chi connectivity index (χ3v) is 1.59. The first-order chi connectivity index (χ1) is 6.90. The molecule has 0 aromatic heterocycles. The van der Waals surface area contributed by atoms with Gasteiger partial charge in [-0.1, -0.05) is 0 Å². The number of hydrogen-bond donors (Lipinski definition) is 3. The Morgan fingerprint density at radius 2 is 2.00 bits per heavy atom. The molecule has 0 bridgehead atoms. The summed E-state index contributed by atoms with van der Waals surface area (Å²) in [6, 6.07) is 0. The predicted molar refractivity (Wildman–Crippen MR) is 60.8 cm³/mol. The molecule has 0 amide bonds. The van der Waals surface area contributed by atoms with Gasteiger partial charge in [-0.3, -0.25) is 4.79 Å². The Bertz CT molecular complexity index is 150. The van der Waals surface area contributed by atoms with E-state index < -0.39 is 12.1 Å². The average Bonchev–Trinajstić information content (AvgIpc) is 2.12. The highest BCUT2D eigenvalue weighted by Crippen LogP contribution is 1.93. The predicted octanol–water partition coefficient (Wildman–Crippen LogP) is 0.129. The summed E-state index contributed by atoms with van der Waals surface area (Å²) in [5.74, 6) is -0.856. The lowest BCUT2D eigenvalue weighted by Crippen LogP contribution is -2.16. The van der Waals surface area contributed by atoms with E-state index in [0.29, 0.717) is 6.42 Å². The first-order valence-corrected chi connectivity index (χ1v) is 5.14. The van der Waals surface area contributed by atoms with Crippen LogP contribution in [-0.4, -0.2) is 54.4 Å². The minimum atomic E-state index is -0.856. The molecule has 92 valence electrons. The number of carboxylic acid groups (broad SMARTS) is 1. The summed E-state index contributed by atoms with van der Waals surface area (Å²) in [5.41, 5.74) is 5.25. The molecular formula is C10H24N2O3. The van der Waals surface area contributed by atoms with Gasteiger partial charge >= 0.3 is 5.97 Å². The Labute approximate surface area is 91.9 Å². The molecule has 1 unspecified atom stereocenters. The maximum atomic E-state index is 9.79. The molecule has 0 saturated carbocycles. The van der Waals surface area contributed by atoms with E-state index in [-0.39, 0.29) is 6.42 Å². The van der Waals surface area contributed by atoms with E-state index in [9.17, 15) is 4.79 Å². The molecule has 1 atom stereocenters. The van der Waals surface area contributed by atoms with Crippen molar-refractivity contribution in [2.75, 3.05) is 27.2 Å². The largest absolute Gasteiger partial charge is 0.481 e. The molecule has 15 heavy (non-hydrogen) atoms. The van der Waals surface area contributed by atoms with E-state index in [4.69, 9.17) is 15.9 Å². The summed E-state index contributed by atoms with van der Waals surface area (Å²) in [6.07, 6.45) is 1.01. The van der Waals surface area contributed by atoms with Crippen molar-refractivity contribution in [3.8, 4) is 0 Å². The average molecular weight is 220 g/mol. The molecule has 0 fully saturated rings. The van der Waals surface area contributed by atoms with Crippen LogP contribution in [0.1, 0.15) is 26.2 Å². The quantitative estimate of drug-likeness (QED) is 0.592. The van der Waals surface area contributed by atoms with Gasteiger partial charge in [-0.15, -0.1) is 0 Å². The maximum absolute atomic E-state index is 9.79. The second-order valence-corrected chi connectivity index (χ2v) is 3.73. The molecule has 0 radical (unpaired) electrons. The van der Waals surface area contributed by atoms with E-state index in [0.717, 1.165) is 19.5 Å². The Hall–Kier alpha value is -0.650. The fraction of sp³-hybridized carbons (Fsp3) is 0.900. The highest BCUT2D eigenvalue weighted by atomic mass is 16.4. The van der Waals surface area contributed by atoms with Gasteiger partial charge in [-0.25, -0.2) is 0 Å². The standard InChI is InChI=1S/C5H14N2.C5H10O3/c1-7(2)5-3-4-6;1-4(6)2-3-5(7)8/h3-6H2,1-2H3;4,6H,2-3H2,1H3,(H,7,8). The van der Waals surface area contributed by atoms with Crippen LogP contribution in [0.25, 0.3) is 0 Å². The van der Waals surface area contributed by atoms with Gasteiger partial charge < -0.3 is 20.8 Å². The van der Waals surface area contributed by atoms with Crippen molar-refractivity contribution < 1.29 is 15.0 Å². The van der Waals surface area contributed by atoms with Crippen molar-refractivity contribution >= 4 is 5.97 Å². The molecule has 5 heteroatoms. The number of nitrogens with zero attached hydrogens (tertiary/aromatic N) is 1. The normalized spacial score (nSPS) is 11.9. The molecule has 0 aliphatic carbocycles. The fourth-order valence-corrected chi connectivity index (χ4v) is 0.740. The number of hydrogen-bond acceptors (Lipinski definition) is 4. The number of nitrogens with two attached hydrogens (primary N) is 1. The molecule has 0 saturated heterocycles. The SMILES string of the molecule is CC(O)CCC(=O)O.CN(C)CCCN. The van der Waals surface area contributed by atoms with Crippen molar-refractivity contribution in [3.63, 3.8) is 0 Å². The third-order valence-electron chi connectivity index (χ3n) is 1.59. The lowest BCUT2D eigenvalue weighted by Gasteiger charge is -2.05. The van der Waals surface area contributed by atoms with Gasteiger partial charge in [-0.05, 0) is 47.0 Å². The summed E-state index contributed by atoms with van der Waals surface area (Å²) < 4.78 is 0. The number of carbonyl (C=O) groups is 1. The highest BCUT2D eigenvalue weighted by Gasteiger charge is 1.99. The monoisotopic (exact) mass is 220 g/mol. The Kier molecular flexibility index (Phi) is 12.8. The summed E-state index contributed by atoms with van der Waals surface area (Å²) in [5, 5.41) is 16.6. The van der Waals surface area contributed by atoms with Crippen LogP contribution in [-0.2, 0) is 4.79 Å². The number of rotatable bonds is 6. The van der Waals surface area contributed by atoms with E-state index in [1.165, 1.54) is 0 Å². The van der Waals surface area contributed by atoms with Crippen LogP contribution in [0.2, 0.25) is 0 Å². The van der Waals surface area contributed by atoms with Gasteiger partial charge in [0.1, 0.15) is 0 Å². The fourth-order valence-electron chi connectivity index (χ4n) is 0.740. The van der Waals surface area contributed by atoms with Crippen LogP contribution in [0.5, 0.6) is 0 Å². The van der Waals surface area contributed by atoms with Crippen LogP contribution >= 0.6 is 0 Å². The third kappa shape index (κ3) is 24.7. The highest BCUT2D eigenvalue weighted by molar-refractivity contribution is 5.66. The summed E-state index contributed by atoms with van der Waals surface area (Å²) in [7, 11) is 4.10. The minimum Gasteiger partial charge on any atom is -0.481 e. The Morgan fingerprint density at radius 1 is 1.47 bits per heavy atom. The van der Waals surface area contributed by atoms with E-state index in [1.807, 2.05) is 0 Å². The van der Waals surface area contributed by atoms with Crippen molar-refractivity contribution in [1.82, 2.24) is 4.90 Å². The molecule has 5 nitrogen and oxygen atoms in total. The van der Waals surface area contributed by atoms with Crippen LogP contribution in [0.3, 0.4) is 0 Å². The van der Waals surface area contributed by atoms with Gasteiger partial charge in [0.05, 0.1) is 6.10 Å². The lowest BCUT2D eigenvalue weighted by molar-refractivity contribution is -0.137. The van der Waals surface area contributed by atoms with E-state index >= 15 is 0 Å². The zero-order valence-corrected chi connectivity index (χ0v) is 9.94. The second-order valence-electron chi connectivity index (χ2n) is 3.73. The van der Waals surface area contributed by atoms with E-state index in [2.05, 4.69) is 19.0 Å². The van der Waals surface area contributed by atoms with Crippen molar-refractivity contribution in [2.24, 2.45) is 5.73 Å². The zero-order chi connectivity index (χ0) is 12.3. The Balaban J connectivity index is 0. The molecule has 0 aliphatic heterocycles. The molecule has 4 N–H and O–H groups in total. The number of aliphatic carboxylic acids is 1. The molecule has 0 heterocycles. The van der Waals surface area contributed by atoms with Crippen molar-refractivity contribution in [1.29, 1.82) is 0 Å².